The number of benzene rings is 2. The number of anilines is 2. The van der Waals surface area contributed by atoms with Gasteiger partial charge >= 0.3 is 5.97 Å². The van der Waals surface area contributed by atoms with Crippen LogP contribution in [0.5, 0.6) is 0 Å². The number of carbonyl (C=O) groups is 3. The van der Waals surface area contributed by atoms with Gasteiger partial charge in [0.15, 0.2) is 5.71 Å². The molecule has 2 aliphatic heterocycles. The van der Waals surface area contributed by atoms with Crippen LogP contribution in [0.25, 0.3) is 0 Å². The Labute approximate surface area is 169 Å². The van der Waals surface area contributed by atoms with Gasteiger partial charge in [-0.3, -0.25) is 14.6 Å². The maximum Gasteiger partial charge on any atom is 0.355 e. The lowest BCUT2D eigenvalue weighted by Gasteiger charge is -2.22. The number of nitrogens with zero attached hydrogens (tertiary/aromatic N) is 3. The number of ether oxygens (including phenoxy) is 1. The minimum Gasteiger partial charge on any atom is -0.461 e. The van der Waals surface area contributed by atoms with Gasteiger partial charge in [-0.2, -0.15) is 5.10 Å². The Morgan fingerprint density at radius 3 is 2.36 bits per heavy atom. The fraction of sp³-hybridized carbons (Fsp3) is 0.200. The van der Waals surface area contributed by atoms with Crippen molar-refractivity contribution in [3.05, 3.63) is 59.1 Å². The fourth-order valence-electron chi connectivity index (χ4n) is 3.43. The molecule has 0 aliphatic carbocycles. The molecule has 0 bridgehead atoms. The van der Waals surface area contributed by atoms with E-state index in [1.54, 1.807) is 55.5 Å². The molecule has 2 amide bonds. The molecule has 4 rings (SSSR count). The van der Waals surface area contributed by atoms with Crippen LogP contribution in [0, 0.1) is 5.92 Å². The van der Waals surface area contributed by atoms with Gasteiger partial charge < -0.3 is 4.74 Å². The quantitative estimate of drug-likeness (QED) is 0.538. The number of hydrazone groups is 1. The van der Waals surface area contributed by atoms with Crippen LogP contribution in [-0.4, -0.2) is 36.1 Å². The number of hydrogen-bond acceptors (Lipinski definition) is 6. The normalized spacial score (nSPS) is 21.0. The van der Waals surface area contributed by atoms with Crippen molar-refractivity contribution in [2.75, 3.05) is 16.5 Å². The Morgan fingerprint density at radius 1 is 1.04 bits per heavy atom. The number of carbonyl (C=O) groups excluding carboxylic acids is 3. The van der Waals surface area contributed by atoms with Crippen molar-refractivity contribution in [2.45, 2.75) is 13.0 Å². The first kappa shape index (κ1) is 18.4. The zero-order valence-corrected chi connectivity index (χ0v) is 16.5. The lowest BCUT2D eigenvalue weighted by Crippen LogP contribution is -2.39. The van der Waals surface area contributed by atoms with Gasteiger partial charge in [-0.05, 0) is 43.3 Å². The molecule has 2 aromatic carbocycles. The molecule has 0 saturated carbocycles. The molecule has 1 fully saturated rings. The van der Waals surface area contributed by atoms with Crippen LogP contribution in [0.4, 0.5) is 11.4 Å². The maximum atomic E-state index is 13.2. The maximum absolute atomic E-state index is 13.2. The van der Waals surface area contributed by atoms with E-state index < -0.39 is 29.7 Å². The van der Waals surface area contributed by atoms with E-state index in [0.29, 0.717) is 11.4 Å². The summed E-state index contributed by atoms with van der Waals surface area (Å²) in [5.41, 5.74) is 1.02. The SMILES string of the molecule is CCOC(=O)C1=NN(c2ccccc2)[C@H]2C(=O)N(c3ccc(Br)cc3)C(=O)[C@H]12. The van der Waals surface area contributed by atoms with Crippen LogP contribution in [-0.2, 0) is 19.1 Å². The highest BCUT2D eigenvalue weighted by Gasteiger charge is 2.59. The second-order valence-corrected chi connectivity index (χ2v) is 7.21. The second kappa shape index (κ2) is 7.20. The second-order valence-electron chi connectivity index (χ2n) is 6.30. The summed E-state index contributed by atoms with van der Waals surface area (Å²) in [6, 6.07) is 14.9. The fourth-order valence-corrected chi connectivity index (χ4v) is 3.69. The molecule has 2 aliphatic rings. The number of para-hydroxylation sites is 1. The first-order chi connectivity index (χ1) is 13.5. The molecule has 7 nitrogen and oxygen atoms in total. The number of fused-ring (bicyclic) bond motifs is 1. The number of esters is 1. The lowest BCUT2D eigenvalue weighted by atomic mass is 9.98. The lowest BCUT2D eigenvalue weighted by molar-refractivity contribution is -0.136. The average Bonchev–Trinajstić information content (AvgIpc) is 3.21. The van der Waals surface area contributed by atoms with Crippen LogP contribution in [0.15, 0.2) is 64.2 Å². The van der Waals surface area contributed by atoms with Gasteiger partial charge in [0, 0.05) is 4.47 Å². The van der Waals surface area contributed by atoms with Crippen LogP contribution in [0.1, 0.15) is 6.92 Å². The number of hydrogen-bond donors (Lipinski definition) is 0. The molecule has 2 aromatic rings. The third-order valence-corrected chi connectivity index (χ3v) is 5.17. The summed E-state index contributed by atoms with van der Waals surface area (Å²) < 4.78 is 5.90. The molecule has 0 N–H and O–H groups in total. The van der Waals surface area contributed by atoms with Gasteiger partial charge in [-0.1, -0.05) is 34.1 Å². The molecule has 0 radical (unpaired) electrons. The summed E-state index contributed by atoms with van der Waals surface area (Å²) >= 11 is 3.34. The average molecular weight is 442 g/mol. The van der Waals surface area contributed by atoms with E-state index in [4.69, 9.17) is 4.74 Å². The molecular weight excluding hydrogens is 426 g/mol. The van der Waals surface area contributed by atoms with E-state index in [0.717, 1.165) is 9.37 Å². The van der Waals surface area contributed by atoms with Crippen LogP contribution < -0.4 is 9.91 Å². The molecule has 142 valence electrons. The first-order valence-electron chi connectivity index (χ1n) is 8.76. The summed E-state index contributed by atoms with van der Waals surface area (Å²) in [6.07, 6.45) is 0. The monoisotopic (exact) mass is 441 g/mol. The Hall–Kier alpha value is -3.00. The van der Waals surface area contributed by atoms with E-state index in [1.807, 2.05) is 6.07 Å². The number of halogens is 1. The third kappa shape index (κ3) is 2.90. The highest BCUT2D eigenvalue weighted by molar-refractivity contribution is 9.10. The molecule has 28 heavy (non-hydrogen) atoms. The molecule has 0 unspecified atom stereocenters. The zero-order chi connectivity index (χ0) is 19.8. The van der Waals surface area contributed by atoms with Crippen molar-refractivity contribution in [1.29, 1.82) is 0 Å². The first-order valence-corrected chi connectivity index (χ1v) is 9.55. The summed E-state index contributed by atoms with van der Waals surface area (Å²) in [4.78, 5) is 39.9. The molecule has 0 aromatic heterocycles. The topological polar surface area (TPSA) is 79.3 Å². The number of rotatable bonds is 4. The van der Waals surface area contributed by atoms with Crippen LogP contribution >= 0.6 is 15.9 Å². The number of imide groups is 1. The van der Waals surface area contributed by atoms with Crippen LogP contribution in [0.3, 0.4) is 0 Å². The van der Waals surface area contributed by atoms with Crippen molar-refractivity contribution >= 4 is 50.8 Å². The van der Waals surface area contributed by atoms with Gasteiger partial charge in [0.1, 0.15) is 12.0 Å². The highest BCUT2D eigenvalue weighted by atomic mass is 79.9. The Bertz CT molecular complexity index is 975. The summed E-state index contributed by atoms with van der Waals surface area (Å²) in [5, 5.41) is 5.74. The smallest absolute Gasteiger partial charge is 0.355 e. The van der Waals surface area contributed by atoms with Gasteiger partial charge in [-0.15, -0.1) is 0 Å². The van der Waals surface area contributed by atoms with Crippen molar-refractivity contribution in [3.8, 4) is 0 Å². The summed E-state index contributed by atoms with van der Waals surface area (Å²) in [7, 11) is 0. The van der Waals surface area contributed by atoms with E-state index >= 15 is 0 Å². The van der Waals surface area contributed by atoms with E-state index in [-0.39, 0.29) is 12.3 Å². The van der Waals surface area contributed by atoms with Crippen LogP contribution in [0.2, 0.25) is 0 Å². The summed E-state index contributed by atoms with van der Waals surface area (Å²) in [5.74, 6) is -2.60. The third-order valence-electron chi connectivity index (χ3n) is 4.64. The molecular formula is C20H16BrN3O4. The van der Waals surface area contributed by atoms with Crippen molar-refractivity contribution < 1.29 is 19.1 Å². The Kier molecular flexibility index (Phi) is 4.72. The molecule has 8 heteroatoms. The molecule has 1 saturated heterocycles. The van der Waals surface area contributed by atoms with E-state index in [2.05, 4.69) is 21.0 Å². The van der Waals surface area contributed by atoms with Crippen molar-refractivity contribution in [1.82, 2.24) is 0 Å². The van der Waals surface area contributed by atoms with E-state index in [9.17, 15) is 14.4 Å². The Morgan fingerprint density at radius 2 is 1.71 bits per heavy atom. The number of amides is 2. The van der Waals surface area contributed by atoms with Crippen molar-refractivity contribution in [3.63, 3.8) is 0 Å². The van der Waals surface area contributed by atoms with Gasteiger partial charge in [0.25, 0.3) is 5.91 Å². The summed E-state index contributed by atoms with van der Waals surface area (Å²) in [6.45, 7) is 1.83. The predicted molar refractivity (Wildman–Crippen MR) is 107 cm³/mol. The van der Waals surface area contributed by atoms with E-state index in [1.165, 1.54) is 5.01 Å². The standard InChI is InChI=1S/C20H16BrN3O4/c1-2-28-20(27)16-15-17(24(22-16)14-6-4-3-5-7-14)19(26)23(18(15)25)13-10-8-12(21)9-11-13/h3-11,15,17H,2H2,1H3/t15-,17-/m1/s1. The predicted octanol–water partition coefficient (Wildman–Crippen LogP) is 2.75. The minimum atomic E-state index is -1.00. The van der Waals surface area contributed by atoms with Gasteiger partial charge in [0.05, 0.1) is 18.0 Å². The zero-order valence-electron chi connectivity index (χ0n) is 14.9. The highest BCUT2D eigenvalue weighted by Crippen LogP contribution is 2.38. The minimum absolute atomic E-state index is 0.0475. The Balaban J connectivity index is 1.78. The van der Waals surface area contributed by atoms with Crippen molar-refractivity contribution in [2.24, 2.45) is 11.0 Å². The molecule has 0 spiro atoms. The largest absolute Gasteiger partial charge is 0.461 e. The van der Waals surface area contributed by atoms with Gasteiger partial charge in [0.2, 0.25) is 5.91 Å². The molecule has 2 heterocycles. The van der Waals surface area contributed by atoms with Gasteiger partial charge in [-0.25, -0.2) is 9.69 Å². The molecule has 2 atom stereocenters.